The van der Waals surface area contributed by atoms with Crippen LogP contribution in [0.5, 0.6) is 11.5 Å². The van der Waals surface area contributed by atoms with Crippen molar-refractivity contribution in [3.8, 4) is 11.5 Å². The molecule has 0 atom stereocenters. The highest BCUT2D eigenvalue weighted by Gasteiger charge is 2.22. The van der Waals surface area contributed by atoms with E-state index < -0.39 is 0 Å². The predicted molar refractivity (Wildman–Crippen MR) is 55.7 cm³/mol. The van der Waals surface area contributed by atoms with Gasteiger partial charge in [0.2, 0.25) is 0 Å². The van der Waals surface area contributed by atoms with Crippen LogP contribution in [0, 0.1) is 12.8 Å². The van der Waals surface area contributed by atoms with Crippen molar-refractivity contribution in [3.63, 3.8) is 0 Å². The van der Waals surface area contributed by atoms with E-state index in [4.69, 9.17) is 9.47 Å². The van der Waals surface area contributed by atoms with Crippen molar-refractivity contribution in [2.24, 2.45) is 5.92 Å². The first-order valence-corrected chi connectivity index (χ1v) is 4.92. The zero-order chi connectivity index (χ0) is 9.97. The molecule has 14 heavy (non-hydrogen) atoms. The summed E-state index contributed by atoms with van der Waals surface area (Å²) in [5, 5.41) is 0. The van der Waals surface area contributed by atoms with E-state index in [1.165, 1.54) is 12.8 Å². The van der Waals surface area contributed by atoms with Gasteiger partial charge in [0.1, 0.15) is 0 Å². The molecule has 2 heteroatoms. The summed E-state index contributed by atoms with van der Waals surface area (Å²) in [5.41, 5.74) is 0.945. The fraction of sp³-hybridized carbons (Fsp3) is 0.417. The molecule has 1 saturated carbocycles. The van der Waals surface area contributed by atoms with Crippen LogP contribution in [-0.2, 0) is 0 Å². The molecule has 1 aliphatic rings. The maximum atomic E-state index is 5.65. The van der Waals surface area contributed by atoms with E-state index >= 15 is 0 Å². The van der Waals surface area contributed by atoms with Crippen molar-refractivity contribution in [3.05, 3.63) is 30.7 Å². The van der Waals surface area contributed by atoms with Gasteiger partial charge in [-0.3, -0.25) is 0 Å². The number of hydrogen-bond acceptors (Lipinski definition) is 2. The molecular weight excluding hydrogens is 176 g/mol. The highest BCUT2D eigenvalue weighted by molar-refractivity contribution is 5.43. The van der Waals surface area contributed by atoms with Crippen LogP contribution in [0.15, 0.2) is 18.2 Å². The minimum atomic E-state index is 0.763. The van der Waals surface area contributed by atoms with E-state index in [1.807, 2.05) is 18.2 Å². The van der Waals surface area contributed by atoms with E-state index in [0.29, 0.717) is 0 Å². The van der Waals surface area contributed by atoms with Crippen LogP contribution in [0.1, 0.15) is 18.4 Å². The molecule has 1 aliphatic carbocycles. The van der Waals surface area contributed by atoms with Gasteiger partial charge in [0.05, 0.1) is 13.7 Å². The minimum absolute atomic E-state index is 0.763. The highest BCUT2D eigenvalue weighted by atomic mass is 16.5. The van der Waals surface area contributed by atoms with Gasteiger partial charge < -0.3 is 9.47 Å². The van der Waals surface area contributed by atoms with Crippen molar-refractivity contribution in [1.29, 1.82) is 0 Å². The first-order valence-electron chi connectivity index (χ1n) is 4.92. The molecular formula is C12H15O2. The molecule has 0 heterocycles. The van der Waals surface area contributed by atoms with Gasteiger partial charge in [-0.2, -0.15) is 0 Å². The van der Waals surface area contributed by atoms with Crippen molar-refractivity contribution in [2.45, 2.75) is 12.8 Å². The Kier molecular flexibility index (Phi) is 2.62. The maximum Gasteiger partial charge on any atom is 0.161 e. The largest absolute Gasteiger partial charge is 0.493 e. The van der Waals surface area contributed by atoms with Gasteiger partial charge in [0.25, 0.3) is 0 Å². The van der Waals surface area contributed by atoms with E-state index in [2.05, 4.69) is 6.92 Å². The summed E-state index contributed by atoms with van der Waals surface area (Å²) in [4.78, 5) is 0. The van der Waals surface area contributed by atoms with Gasteiger partial charge in [0, 0.05) is 0 Å². The molecule has 2 nitrogen and oxygen atoms in total. The quantitative estimate of drug-likeness (QED) is 0.728. The molecule has 1 aromatic carbocycles. The van der Waals surface area contributed by atoms with E-state index in [-0.39, 0.29) is 0 Å². The molecule has 0 amide bonds. The summed E-state index contributed by atoms with van der Waals surface area (Å²) in [7, 11) is 1.65. The van der Waals surface area contributed by atoms with Crippen LogP contribution in [0.25, 0.3) is 0 Å². The van der Waals surface area contributed by atoms with Crippen molar-refractivity contribution >= 4 is 0 Å². The smallest absolute Gasteiger partial charge is 0.161 e. The standard InChI is InChI=1S/C12H15O2/c1-9-3-6-11(12(7-9)13-2)14-8-10-4-5-10/h3,6-7,10H,1,4-5,8H2,2H3. The fourth-order valence-corrected chi connectivity index (χ4v) is 1.32. The van der Waals surface area contributed by atoms with Crippen LogP contribution in [0.3, 0.4) is 0 Å². The lowest BCUT2D eigenvalue weighted by molar-refractivity contribution is 0.280. The van der Waals surface area contributed by atoms with E-state index in [1.54, 1.807) is 7.11 Å². The topological polar surface area (TPSA) is 18.5 Å². The molecule has 0 unspecified atom stereocenters. The lowest BCUT2D eigenvalue weighted by Crippen LogP contribution is -2.00. The number of hydrogen-bond donors (Lipinski definition) is 0. The Hall–Kier alpha value is -1.18. The second kappa shape index (κ2) is 3.91. The Bertz CT molecular complexity index is 316. The average Bonchev–Trinajstić information content (AvgIpc) is 2.99. The van der Waals surface area contributed by atoms with Crippen LogP contribution >= 0.6 is 0 Å². The monoisotopic (exact) mass is 191 g/mol. The summed E-state index contributed by atoms with van der Waals surface area (Å²) in [6.07, 6.45) is 2.60. The Morgan fingerprint density at radius 3 is 2.79 bits per heavy atom. The Morgan fingerprint density at radius 2 is 2.14 bits per heavy atom. The maximum absolute atomic E-state index is 5.65. The first kappa shape index (κ1) is 9.38. The predicted octanol–water partition coefficient (Wildman–Crippen LogP) is 2.67. The molecule has 1 fully saturated rings. The van der Waals surface area contributed by atoms with E-state index in [0.717, 1.165) is 29.6 Å². The molecule has 0 N–H and O–H groups in total. The third-order valence-corrected chi connectivity index (χ3v) is 2.40. The molecule has 75 valence electrons. The third-order valence-electron chi connectivity index (χ3n) is 2.40. The van der Waals surface area contributed by atoms with Crippen LogP contribution in [-0.4, -0.2) is 13.7 Å². The SMILES string of the molecule is [CH2]c1ccc(OCC2CC2)c(OC)c1. The highest BCUT2D eigenvalue weighted by Crippen LogP contribution is 2.32. The molecule has 2 rings (SSSR count). The van der Waals surface area contributed by atoms with E-state index in [9.17, 15) is 0 Å². The number of methoxy groups -OCH3 is 1. The number of ether oxygens (including phenoxy) is 2. The van der Waals surface area contributed by atoms with Crippen LogP contribution in [0.2, 0.25) is 0 Å². The molecule has 1 radical (unpaired) electrons. The molecule has 0 saturated heterocycles. The van der Waals surface area contributed by atoms with Gasteiger partial charge in [-0.05, 0) is 43.4 Å². The molecule has 0 spiro atoms. The Balaban J connectivity index is 2.05. The number of rotatable bonds is 4. The molecule has 0 bridgehead atoms. The summed E-state index contributed by atoms with van der Waals surface area (Å²) >= 11 is 0. The lowest BCUT2D eigenvalue weighted by atomic mass is 10.2. The van der Waals surface area contributed by atoms with Crippen molar-refractivity contribution < 1.29 is 9.47 Å². The minimum Gasteiger partial charge on any atom is -0.493 e. The number of benzene rings is 1. The van der Waals surface area contributed by atoms with Gasteiger partial charge in [0.15, 0.2) is 11.5 Å². The van der Waals surface area contributed by atoms with Crippen LogP contribution in [0.4, 0.5) is 0 Å². The van der Waals surface area contributed by atoms with Gasteiger partial charge in [-0.1, -0.05) is 6.07 Å². The Labute approximate surface area is 84.8 Å². The Morgan fingerprint density at radius 1 is 1.36 bits per heavy atom. The zero-order valence-corrected chi connectivity index (χ0v) is 8.45. The molecule has 0 aliphatic heterocycles. The second-order valence-corrected chi connectivity index (χ2v) is 3.74. The average molecular weight is 191 g/mol. The molecule has 0 aromatic heterocycles. The fourth-order valence-electron chi connectivity index (χ4n) is 1.32. The molecule has 1 aromatic rings. The second-order valence-electron chi connectivity index (χ2n) is 3.74. The normalized spacial score (nSPS) is 15.3. The van der Waals surface area contributed by atoms with Gasteiger partial charge >= 0.3 is 0 Å². The summed E-state index contributed by atoms with van der Waals surface area (Å²) in [6, 6.07) is 5.75. The van der Waals surface area contributed by atoms with Crippen molar-refractivity contribution in [2.75, 3.05) is 13.7 Å². The van der Waals surface area contributed by atoms with Gasteiger partial charge in [-0.15, -0.1) is 0 Å². The summed E-state index contributed by atoms with van der Waals surface area (Å²) in [6.45, 7) is 4.65. The lowest BCUT2D eigenvalue weighted by Gasteiger charge is -2.10. The zero-order valence-electron chi connectivity index (χ0n) is 8.45. The van der Waals surface area contributed by atoms with Crippen molar-refractivity contribution in [1.82, 2.24) is 0 Å². The van der Waals surface area contributed by atoms with Gasteiger partial charge in [-0.25, -0.2) is 0 Å². The third kappa shape index (κ3) is 2.19. The van der Waals surface area contributed by atoms with Crippen LogP contribution < -0.4 is 9.47 Å². The summed E-state index contributed by atoms with van der Waals surface area (Å²) in [5.74, 6) is 2.36. The summed E-state index contributed by atoms with van der Waals surface area (Å²) < 4.78 is 10.9. The first-order chi connectivity index (χ1) is 6.79.